The zero-order valence-corrected chi connectivity index (χ0v) is 75.6. The fraction of sp³-hybridized carbons (Fsp3) is 0.957. The van der Waals surface area contributed by atoms with Crippen molar-refractivity contribution >= 4 is 39.5 Å². The molecule has 0 heterocycles. The Morgan fingerprint density at radius 1 is 0.241 bits per heavy atom. The van der Waals surface area contributed by atoms with Crippen LogP contribution in [0.3, 0.4) is 0 Å². The number of phosphoric acid groups is 2. The van der Waals surface area contributed by atoms with E-state index in [0.29, 0.717) is 25.7 Å². The molecule has 666 valence electrons. The van der Waals surface area contributed by atoms with Gasteiger partial charge in [0.2, 0.25) is 0 Å². The minimum absolute atomic E-state index is 0.109. The first kappa shape index (κ1) is 110. The Hall–Kier alpha value is -1.94. The third-order valence-electron chi connectivity index (χ3n) is 22.0. The van der Waals surface area contributed by atoms with Crippen LogP contribution in [-0.4, -0.2) is 96.7 Å². The SMILES string of the molecule is CCCCCCCCCCCCCCCCCCCCCCCC(=O)OC[C@H](COP(=O)(O)OC[C@@H](O)COP(=O)(O)OC[C@@H](COC(=O)CCCCCCCCCCCCCCC)OC(=O)CCCCCCCCCCCCCCCCCCC)OC(=O)CCCCCCCCCCCCCCCCCCCCC(C)C. The van der Waals surface area contributed by atoms with Gasteiger partial charge in [-0.1, -0.05) is 458 Å². The van der Waals surface area contributed by atoms with Crippen molar-refractivity contribution in [3.63, 3.8) is 0 Å². The van der Waals surface area contributed by atoms with Gasteiger partial charge in [0.1, 0.15) is 19.3 Å². The highest BCUT2D eigenvalue weighted by molar-refractivity contribution is 7.47. The molecule has 0 rings (SSSR count). The molecule has 0 bridgehead atoms. The van der Waals surface area contributed by atoms with E-state index >= 15 is 0 Å². The number of carbonyl (C=O) groups is 4. The molecule has 0 saturated carbocycles. The number of hydrogen-bond acceptors (Lipinski definition) is 15. The van der Waals surface area contributed by atoms with Gasteiger partial charge in [-0.3, -0.25) is 37.3 Å². The van der Waals surface area contributed by atoms with E-state index in [9.17, 15) is 43.2 Å². The van der Waals surface area contributed by atoms with Gasteiger partial charge in [0, 0.05) is 25.7 Å². The van der Waals surface area contributed by atoms with Crippen LogP contribution in [0.4, 0.5) is 0 Å². The molecule has 17 nitrogen and oxygen atoms in total. The van der Waals surface area contributed by atoms with Gasteiger partial charge in [-0.2, -0.15) is 0 Å². The average Bonchev–Trinajstić information content (AvgIpc) is 0.897. The molecule has 0 fully saturated rings. The smallest absolute Gasteiger partial charge is 0.462 e. The normalized spacial score (nSPS) is 13.7. The van der Waals surface area contributed by atoms with Gasteiger partial charge in [0.25, 0.3) is 0 Å². The van der Waals surface area contributed by atoms with E-state index < -0.39 is 97.5 Å². The van der Waals surface area contributed by atoms with E-state index in [4.69, 9.17) is 37.0 Å². The quantitative estimate of drug-likeness (QED) is 0.0222. The second-order valence-corrected chi connectivity index (χ2v) is 36.8. The van der Waals surface area contributed by atoms with Crippen LogP contribution in [0.1, 0.15) is 510 Å². The first-order valence-electron chi connectivity index (χ1n) is 48.1. The lowest BCUT2D eigenvalue weighted by Crippen LogP contribution is -2.30. The molecule has 0 aliphatic carbocycles. The number of aliphatic hydroxyl groups excluding tert-OH is 1. The van der Waals surface area contributed by atoms with Gasteiger partial charge in [-0.25, -0.2) is 9.13 Å². The maximum absolute atomic E-state index is 13.2. The van der Waals surface area contributed by atoms with Crippen molar-refractivity contribution in [3.05, 3.63) is 0 Å². The highest BCUT2D eigenvalue weighted by Crippen LogP contribution is 2.45. The molecule has 19 heteroatoms. The molecule has 0 aliphatic heterocycles. The summed E-state index contributed by atoms with van der Waals surface area (Å²) in [6.45, 7) is 7.45. The number of rotatable bonds is 93. The molecular formula is C93H182O17P2. The number of esters is 4. The third kappa shape index (κ3) is 85.9. The Kier molecular flexibility index (Phi) is 84.0. The molecule has 0 aromatic carbocycles. The number of ether oxygens (including phenoxy) is 4. The van der Waals surface area contributed by atoms with Crippen LogP contribution in [0.25, 0.3) is 0 Å². The summed E-state index contributed by atoms with van der Waals surface area (Å²) in [5.41, 5.74) is 0. The van der Waals surface area contributed by atoms with Gasteiger partial charge in [-0.15, -0.1) is 0 Å². The Balaban J connectivity index is 5.25. The highest BCUT2D eigenvalue weighted by atomic mass is 31.2. The van der Waals surface area contributed by atoms with Gasteiger partial charge in [0.05, 0.1) is 26.4 Å². The maximum atomic E-state index is 13.2. The topological polar surface area (TPSA) is 237 Å². The summed E-state index contributed by atoms with van der Waals surface area (Å²) in [6, 6.07) is 0. The molecule has 0 saturated heterocycles. The largest absolute Gasteiger partial charge is 0.472 e. The summed E-state index contributed by atoms with van der Waals surface area (Å²) in [5.74, 6) is -1.27. The predicted octanol–water partition coefficient (Wildman–Crippen LogP) is 29.1. The highest BCUT2D eigenvalue weighted by Gasteiger charge is 2.31. The third-order valence-corrected chi connectivity index (χ3v) is 23.9. The summed E-state index contributed by atoms with van der Waals surface area (Å²) in [7, 11) is -9.94. The van der Waals surface area contributed by atoms with Crippen LogP contribution < -0.4 is 0 Å². The van der Waals surface area contributed by atoms with E-state index in [2.05, 4.69) is 34.6 Å². The van der Waals surface area contributed by atoms with Crippen molar-refractivity contribution in [2.45, 2.75) is 528 Å². The molecule has 2 unspecified atom stereocenters. The number of unbranched alkanes of at least 4 members (excludes halogenated alkanes) is 65. The molecule has 0 radical (unpaired) electrons. The first-order chi connectivity index (χ1) is 54.5. The first-order valence-corrected chi connectivity index (χ1v) is 51.1. The molecule has 112 heavy (non-hydrogen) atoms. The molecule has 0 aromatic heterocycles. The zero-order chi connectivity index (χ0) is 81.8. The Bertz CT molecular complexity index is 2120. The van der Waals surface area contributed by atoms with Crippen LogP contribution in [0.15, 0.2) is 0 Å². The molecule has 3 N–H and O–H groups in total. The van der Waals surface area contributed by atoms with Crippen LogP contribution in [-0.2, 0) is 65.4 Å². The Labute approximate surface area is 689 Å². The Morgan fingerprint density at radius 3 is 0.607 bits per heavy atom. The second kappa shape index (κ2) is 85.5. The standard InChI is InChI=1S/C93H182O17P2/c1-6-9-12-15-18-21-24-27-29-31-32-33-34-39-42-47-52-57-62-67-72-77-91(96)104-83-89(110-93(98)79-74-69-64-59-54-49-44-40-36-35-38-41-46-50-55-60-65-70-75-86(4)5)85-108-112(101,102)106-81-87(94)80-105-111(99,100)107-84-88(82-103-90(95)76-71-66-61-56-51-45-26-23-20-17-14-11-8-3)109-92(97)78-73-68-63-58-53-48-43-37-30-28-25-22-19-16-13-10-7-2/h86-89,94H,6-85H2,1-5H3,(H,99,100)(H,101,102)/t87-,88+,89+/m0/s1. The van der Waals surface area contributed by atoms with Crippen molar-refractivity contribution < 1.29 is 80.2 Å². The van der Waals surface area contributed by atoms with E-state index in [1.165, 1.54) is 334 Å². The van der Waals surface area contributed by atoms with Gasteiger partial charge >= 0.3 is 39.5 Å². The average molecular weight is 1630 g/mol. The monoisotopic (exact) mass is 1630 g/mol. The van der Waals surface area contributed by atoms with Gasteiger partial charge < -0.3 is 33.8 Å². The molecule has 5 atom stereocenters. The number of hydrogen-bond donors (Lipinski definition) is 3. The zero-order valence-electron chi connectivity index (χ0n) is 73.8. The molecule has 0 spiro atoms. The molecular weight excluding hydrogens is 1450 g/mol. The minimum Gasteiger partial charge on any atom is -0.462 e. The summed E-state index contributed by atoms with van der Waals surface area (Å²) < 4.78 is 69.2. The predicted molar refractivity (Wildman–Crippen MR) is 465 cm³/mol. The van der Waals surface area contributed by atoms with E-state index in [-0.39, 0.29) is 25.7 Å². The lowest BCUT2D eigenvalue weighted by Gasteiger charge is -2.21. The van der Waals surface area contributed by atoms with Gasteiger partial charge in [0.15, 0.2) is 12.2 Å². The summed E-state index contributed by atoms with van der Waals surface area (Å²) in [5, 5.41) is 10.7. The summed E-state index contributed by atoms with van der Waals surface area (Å²) in [6.07, 6.45) is 82.0. The van der Waals surface area contributed by atoms with Crippen LogP contribution in [0.2, 0.25) is 0 Å². The van der Waals surface area contributed by atoms with Crippen molar-refractivity contribution in [1.29, 1.82) is 0 Å². The fourth-order valence-corrected chi connectivity index (χ4v) is 16.3. The number of aliphatic hydroxyl groups is 1. The minimum atomic E-state index is -4.97. The molecule has 0 aliphatic rings. The number of carbonyl (C=O) groups excluding carboxylic acids is 4. The lowest BCUT2D eigenvalue weighted by atomic mass is 10.0. The number of phosphoric ester groups is 2. The van der Waals surface area contributed by atoms with Crippen LogP contribution >= 0.6 is 15.6 Å². The van der Waals surface area contributed by atoms with Crippen molar-refractivity contribution in [1.82, 2.24) is 0 Å². The van der Waals surface area contributed by atoms with Gasteiger partial charge in [-0.05, 0) is 31.6 Å². The fourth-order valence-electron chi connectivity index (χ4n) is 14.7. The lowest BCUT2D eigenvalue weighted by molar-refractivity contribution is -0.161. The van der Waals surface area contributed by atoms with Crippen LogP contribution in [0.5, 0.6) is 0 Å². The van der Waals surface area contributed by atoms with Crippen molar-refractivity contribution in [2.24, 2.45) is 5.92 Å². The maximum Gasteiger partial charge on any atom is 0.472 e. The second-order valence-electron chi connectivity index (χ2n) is 33.9. The van der Waals surface area contributed by atoms with Crippen molar-refractivity contribution in [2.75, 3.05) is 39.6 Å². The summed E-state index contributed by atoms with van der Waals surface area (Å²) in [4.78, 5) is 73.5. The summed E-state index contributed by atoms with van der Waals surface area (Å²) >= 11 is 0. The van der Waals surface area contributed by atoms with E-state index in [1.807, 2.05) is 0 Å². The van der Waals surface area contributed by atoms with Crippen LogP contribution in [0, 0.1) is 5.92 Å². The molecule has 0 aromatic rings. The Morgan fingerprint density at radius 2 is 0.411 bits per heavy atom. The van der Waals surface area contributed by atoms with E-state index in [0.717, 1.165) is 95.8 Å². The van der Waals surface area contributed by atoms with Crippen molar-refractivity contribution in [3.8, 4) is 0 Å². The van der Waals surface area contributed by atoms with E-state index in [1.54, 1.807) is 0 Å². The molecule has 0 amide bonds.